The average Bonchev–Trinajstić information content (AvgIpc) is 3.02. The van der Waals surface area contributed by atoms with Gasteiger partial charge in [-0.05, 0) is 57.2 Å². The summed E-state index contributed by atoms with van der Waals surface area (Å²) in [6.07, 6.45) is 1.60. The number of rotatable bonds is 6. The average molecular weight is 424 g/mol. The quantitative estimate of drug-likeness (QED) is 0.460. The lowest BCUT2D eigenvalue weighted by molar-refractivity contribution is 0.0954. The van der Waals surface area contributed by atoms with E-state index < -0.39 is 0 Å². The van der Waals surface area contributed by atoms with Gasteiger partial charge in [-0.2, -0.15) is 10.2 Å². The number of anilines is 1. The highest BCUT2D eigenvalue weighted by atomic mass is 35.5. The summed E-state index contributed by atoms with van der Waals surface area (Å²) in [6.45, 7) is 6.65. The van der Waals surface area contributed by atoms with Crippen molar-refractivity contribution in [1.29, 1.82) is 0 Å². The Morgan fingerprint density at radius 3 is 2.43 bits per heavy atom. The Morgan fingerprint density at radius 1 is 1.10 bits per heavy atom. The molecule has 2 amide bonds. The van der Waals surface area contributed by atoms with Crippen LogP contribution < -0.4 is 10.7 Å². The summed E-state index contributed by atoms with van der Waals surface area (Å²) in [5, 5.41) is 11.6. The molecule has 0 aliphatic rings. The Labute approximate surface area is 179 Å². The van der Waals surface area contributed by atoms with E-state index in [0.29, 0.717) is 21.8 Å². The van der Waals surface area contributed by atoms with Crippen LogP contribution in [0, 0.1) is 13.8 Å². The van der Waals surface area contributed by atoms with Gasteiger partial charge >= 0.3 is 0 Å². The standard InChI is InChI=1S/C22H22ClN5O2/c1-4-28-15(3)19(14(2)27-28)13-24-26-21(29)16-9-11-17(12-10-16)25-22(30)18-7-5-6-8-20(18)23/h5-13H,4H2,1-3H3,(H,25,30)(H,26,29). The van der Waals surface area contributed by atoms with E-state index in [1.807, 2.05) is 25.5 Å². The van der Waals surface area contributed by atoms with Gasteiger partial charge in [0.25, 0.3) is 11.8 Å². The van der Waals surface area contributed by atoms with Crippen LogP contribution in [-0.2, 0) is 6.54 Å². The minimum Gasteiger partial charge on any atom is -0.322 e. The van der Waals surface area contributed by atoms with Gasteiger partial charge in [-0.3, -0.25) is 14.3 Å². The molecular weight excluding hydrogens is 402 g/mol. The number of benzene rings is 2. The predicted octanol–water partition coefficient (Wildman–Crippen LogP) is 4.19. The lowest BCUT2D eigenvalue weighted by atomic mass is 10.1. The predicted molar refractivity (Wildman–Crippen MR) is 118 cm³/mol. The molecule has 3 aromatic rings. The fourth-order valence-electron chi connectivity index (χ4n) is 2.97. The van der Waals surface area contributed by atoms with E-state index >= 15 is 0 Å². The number of halogens is 1. The van der Waals surface area contributed by atoms with Gasteiger partial charge in [0.05, 0.1) is 22.5 Å². The van der Waals surface area contributed by atoms with E-state index in [-0.39, 0.29) is 11.8 Å². The maximum Gasteiger partial charge on any atom is 0.271 e. The van der Waals surface area contributed by atoms with Crippen molar-refractivity contribution in [2.75, 3.05) is 5.32 Å². The first-order valence-corrected chi connectivity index (χ1v) is 9.81. The third-order valence-corrected chi connectivity index (χ3v) is 4.95. The zero-order valence-corrected chi connectivity index (χ0v) is 17.7. The lowest BCUT2D eigenvalue weighted by Crippen LogP contribution is -2.18. The summed E-state index contributed by atoms with van der Waals surface area (Å²) >= 11 is 6.04. The Morgan fingerprint density at radius 2 is 1.80 bits per heavy atom. The monoisotopic (exact) mass is 423 g/mol. The molecule has 0 unspecified atom stereocenters. The number of amides is 2. The Kier molecular flexibility index (Phi) is 6.64. The van der Waals surface area contributed by atoms with Gasteiger partial charge in [0, 0.05) is 29.1 Å². The van der Waals surface area contributed by atoms with Crippen LogP contribution in [0.2, 0.25) is 5.02 Å². The van der Waals surface area contributed by atoms with Crippen LogP contribution in [0.1, 0.15) is 44.6 Å². The highest BCUT2D eigenvalue weighted by Crippen LogP contribution is 2.17. The van der Waals surface area contributed by atoms with Crippen LogP contribution in [-0.4, -0.2) is 27.8 Å². The molecule has 1 heterocycles. The van der Waals surface area contributed by atoms with Crippen LogP contribution in [0.5, 0.6) is 0 Å². The first-order valence-electron chi connectivity index (χ1n) is 9.44. The number of hydrogen-bond donors (Lipinski definition) is 2. The van der Waals surface area contributed by atoms with Crippen molar-refractivity contribution in [3.63, 3.8) is 0 Å². The molecule has 2 N–H and O–H groups in total. The molecule has 154 valence electrons. The molecule has 30 heavy (non-hydrogen) atoms. The van der Waals surface area contributed by atoms with Crippen LogP contribution in [0.4, 0.5) is 5.69 Å². The fraction of sp³-hybridized carbons (Fsp3) is 0.182. The van der Waals surface area contributed by atoms with Crippen molar-refractivity contribution in [1.82, 2.24) is 15.2 Å². The lowest BCUT2D eigenvalue weighted by Gasteiger charge is -2.07. The van der Waals surface area contributed by atoms with Crippen LogP contribution >= 0.6 is 11.6 Å². The zero-order valence-electron chi connectivity index (χ0n) is 16.9. The van der Waals surface area contributed by atoms with Crippen molar-refractivity contribution in [3.8, 4) is 0 Å². The Bertz CT molecular complexity index is 1100. The van der Waals surface area contributed by atoms with E-state index in [2.05, 4.69) is 20.9 Å². The number of hydrogen-bond acceptors (Lipinski definition) is 4. The van der Waals surface area contributed by atoms with E-state index in [1.54, 1.807) is 54.7 Å². The summed E-state index contributed by atoms with van der Waals surface area (Å²) < 4.78 is 1.88. The van der Waals surface area contributed by atoms with Gasteiger partial charge < -0.3 is 5.32 Å². The summed E-state index contributed by atoms with van der Waals surface area (Å²) in [6, 6.07) is 13.3. The van der Waals surface area contributed by atoms with Crippen LogP contribution in [0.25, 0.3) is 0 Å². The maximum absolute atomic E-state index is 12.3. The van der Waals surface area contributed by atoms with E-state index in [9.17, 15) is 9.59 Å². The second kappa shape index (κ2) is 9.37. The summed E-state index contributed by atoms with van der Waals surface area (Å²) in [5.41, 5.74) is 6.59. The second-order valence-corrected chi connectivity index (χ2v) is 7.02. The van der Waals surface area contributed by atoms with E-state index in [1.165, 1.54) is 0 Å². The maximum atomic E-state index is 12.3. The van der Waals surface area contributed by atoms with Crippen molar-refractivity contribution in [3.05, 3.63) is 81.6 Å². The van der Waals surface area contributed by atoms with Crippen molar-refractivity contribution in [2.45, 2.75) is 27.3 Å². The summed E-state index contributed by atoms with van der Waals surface area (Å²) in [7, 11) is 0. The van der Waals surface area contributed by atoms with E-state index in [4.69, 9.17) is 11.6 Å². The summed E-state index contributed by atoms with van der Waals surface area (Å²) in [4.78, 5) is 24.6. The van der Waals surface area contributed by atoms with Gasteiger partial charge in [-0.1, -0.05) is 23.7 Å². The van der Waals surface area contributed by atoms with Crippen LogP contribution in [0.15, 0.2) is 53.6 Å². The molecule has 0 aliphatic carbocycles. The molecule has 2 aromatic carbocycles. The topological polar surface area (TPSA) is 88.4 Å². The van der Waals surface area contributed by atoms with Crippen LogP contribution in [0.3, 0.4) is 0 Å². The SMILES string of the molecule is CCn1nc(C)c(C=NNC(=O)c2ccc(NC(=O)c3ccccc3Cl)cc2)c1C. The van der Waals surface area contributed by atoms with E-state index in [0.717, 1.165) is 23.5 Å². The molecule has 0 atom stereocenters. The minimum atomic E-state index is -0.353. The first-order chi connectivity index (χ1) is 14.4. The number of nitrogens with one attached hydrogen (secondary N) is 2. The second-order valence-electron chi connectivity index (χ2n) is 6.61. The van der Waals surface area contributed by atoms with Gasteiger partial charge in [-0.15, -0.1) is 0 Å². The molecule has 1 aromatic heterocycles. The van der Waals surface area contributed by atoms with Gasteiger partial charge in [0.2, 0.25) is 0 Å². The highest BCUT2D eigenvalue weighted by Gasteiger charge is 2.11. The highest BCUT2D eigenvalue weighted by molar-refractivity contribution is 6.34. The van der Waals surface area contributed by atoms with Gasteiger partial charge in [0.1, 0.15) is 0 Å². The molecule has 0 aliphatic heterocycles. The number of aryl methyl sites for hydroxylation is 2. The molecule has 0 bridgehead atoms. The number of carbonyl (C=O) groups is 2. The third-order valence-electron chi connectivity index (χ3n) is 4.62. The molecule has 0 saturated heterocycles. The van der Waals surface area contributed by atoms with Gasteiger partial charge in [0.15, 0.2) is 0 Å². The minimum absolute atomic E-state index is 0.319. The van der Waals surface area contributed by atoms with Crippen molar-refractivity contribution < 1.29 is 9.59 Å². The molecule has 0 fully saturated rings. The number of aromatic nitrogens is 2. The number of carbonyl (C=O) groups excluding carboxylic acids is 2. The smallest absolute Gasteiger partial charge is 0.271 e. The molecule has 0 saturated carbocycles. The molecule has 0 spiro atoms. The Hall–Kier alpha value is -3.45. The normalized spacial score (nSPS) is 10.9. The molecule has 8 heteroatoms. The third kappa shape index (κ3) is 4.75. The van der Waals surface area contributed by atoms with Crippen molar-refractivity contribution >= 4 is 35.3 Å². The number of hydrazone groups is 1. The molecule has 0 radical (unpaired) electrons. The van der Waals surface area contributed by atoms with Crippen molar-refractivity contribution in [2.24, 2.45) is 5.10 Å². The zero-order chi connectivity index (χ0) is 21.7. The molecular formula is C22H22ClN5O2. The first kappa shape index (κ1) is 21.3. The number of nitrogens with zero attached hydrogens (tertiary/aromatic N) is 3. The summed E-state index contributed by atoms with van der Waals surface area (Å²) in [5.74, 6) is -0.672. The molecule has 3 rings (SSSR count). The Balaban J connectivity index is 1.62. The molecule has 7 nitrogen and oxygen atoms in total. The van der Waals surface area contributed by atoms with Gasteiger partial charge in [-0.25, -0.2) is 5.43 Å². The fourth-order valence-corrected chi connectivity index (χ4v) is 3.20. The largest absolute Gasteiger partial charge is 0.322 e.